The number of nitrogens with one attached hydrogen (secondary N) is 3. The summed E-state index contributed by atoms with van der Waals surface area (Å²) in [5.41, 5.74) is -0.178. The normalized spacial score (nSPS) is 13.5. The second-order valence-corrected chi connectivity index (χ2v) is 6.27. The first-order valence-corrected chi connectivity index (χ1v) is 8.84. The molecule has 0 saturated heterocycles. The highest BCUT2D eigenvalue weighted by Crippen LogP contribution is 2.19. The summed E-state index contributed by atoms with van der Waals surface area (Å²) < 4.78 is 5.28. The Balaban J connectivity index is 0.00000280. The molecule has 9 heteroatoms. The van der Waals surface area contributed by atoms with Crippen molar-refractivity contribution in [3.63, 3.8) is 0 Å². The molecule has 1 unspecified atom stereocenters. The third-order valence-electron chi connectivity index (χ3n) is 4.00. The van der Waals surface area contributed by atoms with Crippen LogP contribution < -0.4 is 10.6 Å². The standard InChI is InChI=1S/C19H24N6O2.HI/c1-3-20-18(22-13-19(2,26)14-8-5-4-6-9-14)21-12-16-23-17(25-24-16)15-10-7-11-27-15;/h4-11,26H,3,12-13H2,1-2H3,(H2,20,21,22)(H,23,24,25);1H. The van der Waals surface area contributed by atoms with Gasteiger partial charge in [0.05, 0.1) is 12.8 Å². The molecule has 8 nitrogen and oxygen atoms in total. The van der Waals surface area contributed by atoms with Crippen LogP contribution in [0.25, 0.3) is 11.6 Å². The Labute approximate surface area is 180 Å². The maximum Gasteiger partial charge on any atom is 0.216 e. The topological polar surface area (TPSA) is 111 Å². The van der Waals surface area contributed by atoms with Crippen LogP contribution in [0, 0.1) is 0 Å². The summed E-state index contributed by atoms with van der Waals surface area (Å²) in [5.74, 6) is 2.30. The number of benzene rings is 1. The number of aromatic amines is 1. The van der Waals surface area contributed by atoms with E-state index in [4.69, 9.17) is 4.42 Å². The Morgan fingerprint density at radius 1 is 1.21 bits per heavy atom. The van der Waals surface area contributed by atoms with Gasteiger partial charge in [0.1, 0.15) is 18.0 Å². The number of aliphatic imine (C=N–C) groups is 1. The van der Waals surface area contributed by atoms with Crippen LogP contribution in [0.1, 0.15) is 25.2 Å². The predicted molar refractivity (Wildman–Crippen MR) is 118 cm³/mol. The first-order chi connectivity index (χ1) is 13.1. The summed E-state index contributed by atoms with van der Waals surface area (Å²) in [4.78, 5) is 8.86. The van der Waals surface area contributed by atoms with Gasteiger partial charge in [0.2, 0.25) is 5.82 Å². The molecule has 0 bridgehead atoms. The molecule has 2 aromatic heterocycles. The van der Waals surface area contributed by atoms with E-state index in [0.717, 1.165) is 5.56 Å². The molecule has 1 aromatic carbocycles. The number of guanidine groups is 1. The van der Waals surface area contributed by atoms with E-state index in [-0.39, 0.29) is 24.0 Å². The van der Waals surface area contributed by atoms with Gasteiger partial charge in [-0.25, -0.2) is 9.98 Å². The average molecular weight is 496 g/mol. The van der Waals surface area contributed by atoms with Crippen LogP contribution in [0.3, 0.4) is 0 Å². The van der Waals surface area contributed by atoms with E-state index in [1.54, 1.807) is 25.3 Å². The Bertz CT molecular complexity index is 862. The summed E-state index contributed by atoms with van der Waals surface area (Å²) in [7, 11) is 0. The van der Waals surface area contributed by atoms with Gasteiger partial charge in [0.25, 0.3) is 0 Å². The molecule has 0 aliphatic carbocycles. The number of rotatable bonds is 7. The van der Waals surface area contributed by atoms with Crippen LogP contribution in [0.15, 0.2) is 58.1 Å². The summed E-state index contributed by atoms with van der Waals surface area (Å²) in [5, 5.41) is 24.0. The Morgan fingerprint density at radius 3 is 2.68 bits per heavy atom. The fourth-order valence-corrected chi connectivity index (χ4v) is 2.53. The molecule has 28 heavy (non-hydrogen) atoms. The zero-order valence-corrected chi connectivity index (χ0v) is 18.2. The summed E-state index contributed by atoms with van der Waals surface area (Å²) in [6.45, 7) is 5.09. The third kappa shape index (κ3) is 5.80. The van der Waals surface area contributed by atoms with Crippen molar-refractivity contribution in [2.24, 2.45) is 4.99 Å². The SMILES string of the molecule is CCNC(=NCc1nc(-c2ccco2)n[nH]1)NCC(C)(O)c1ccccc1.I. The molecule has 0 amide bonds. The van der Waals surface area contributed by atoms with Gasteiger partial charge in [0, 0.05) is 6.54 Å². The fourth-order valence-electron chi connectivity index (χ4n) is 2.53. The minimum Gasteiger partial charge on any atom is -0.461 e. The maximum atomic E-state index is 10.7. The van der Waals surface area contributed by atoms with Crippen molar-refractivity contribution in [1.82, 2.24) is 25.8 Å². The van der Waals surface area contributed by atoms with E-state index in [1.807, 2.05) is 37.3 Å². The van der Waals surface area contributed by atoms with Crippen molar-refractivity contribution < 1.29 is 9.52 Å². The second kappa shape index (κ2) is 10.2. The first-order valence-electron chi connectivity index (χ1n) is 8.84. The molecule has 0 saturated carbocycles. The molecular formula is C19H25IN6O2. The quantitative estimate of drug-likeness (QED) is 0.228. The van der Waals surface area contributed by atoms with Gasteiger partial charge in [-0.2, -0.15) is 0 Å². The molecular weight excluding hydrogens is 471 g/mol. The minimum absolute atomic E-state index is 0. The smallest absolute Gasteiger partial charge is 0.216 e. The molecule has 0 radical (unpaired) electrons. The van der Waals surface area contributed by atoms with Crippen molar-refractivity contribution in [1.29, 1.82) is 0 Å². The van der Waals surface area contributed by atoms with Crippen molar-refractivity contribution in [2.75, 3.05) is 13.1 Å². The molecule has 0 aliphatic rings. The van der Waals surface area contributed by atoms with Crippen molar-refractivity contribution in [2.45, 2.75) is 26.0 Å². The number of halogens is 1. The number of hydrogen-bond acceptors (Lipinski definition) is 5. The van der Waals surface area contributed by atoms with E-state index in [2.05, 4.69) is 30.8 Å². The van der Waals surface area contributed by atoms with Gasteiger partial charge in [-0.1, -0.05) is 30.3 Å². The Hall–Kier alpha value is -2.40. The lowest BCUT2D eigenvalue weighted by atomic mass is 9.96. The van der Waals surface area contributed by atoms with Crippen LogP contribution in [0.2, 0.25) is 0 Å². The molecule has 4 N–H and O–H groups in total. The molecule has 1 atom stereocenters. The number of nitrogens with zero attached hydrogens (tertiary/aromatic N) is 3. The predicted octanol–water partition coefficient (Wildman–Crippen LogP) is 2.65. The summed E-state index contributed by atoms with van der Waals surface area (Å²) in [6, 6.07) is 13.1. The molecule has 0 spiro atoms. The van der Waals surface area contributed by atoms with E-state index in [1.165, 1.54) is 0 Å². The highest BCUT2D eigenvalue weighted by atomic mass is 127. The first kappa shape index (κ1) is 21.9. The number of aromatic nitrogens is 3. The molecule has 3 aromatic rings. The molecule has 0 fully saturated rings. The molecule has 3 rings (SSSR count). The molecule has 2 heterocycles. The van der Waals surface area contributed by atoms with Crippen LogP contribution in [-0.2, 0) is 12.1 Å². The van der Waals surface area contributed by atoms with E-state index in [9.17, 15) is 5.11 Å². The van der Waals surface area contributed by atoms with Gasteiger partial charge in [-0.05, 0) is 31.5 Å². The van der Waals surface area contributed by atoms with Crippen LogP contribution in [0.5, 0.6) is 0 Å². The maximum absolute atomic E-state index is 10.7. The number of aliphatic hydroxyl groups is 1. The van der Waals surface area contributed by atoms with Crippen LogP contribution in [-0.4, -0.2) is 39.3 Å². The van der Waals surface area contributed by atoms with Gasteiger partial charge in [-0.3, -0.25) is 5.10 Å². The zero-order chi connectivity index (χ0) is 19.1. The van der Waals surface area contributed by atoms with Gasteiger partial charge in [-0.15, -0.1) is 29.1 Å². The number of hydrogen-bond donors (Lipinski definition) is 4. The van der Waals surface area contributed by atoms with Crippen LogP contribution >= 0.6 is 24.0 Å². The molecule has 0 aliphatic heterocycles. The van der Waals surface area contributed by atoms with Crippen molar-refractivity contribution in [3.05, 3.63) is 60.1 Å². The van der Waals surface area contributed by atoms with Gasteiger partial charge < -0.3 is 20.2 Å². The summed E-state index contributed by atoms with van der Waals surface area (Å²) >= 11 is 0. The lowest BCUT2D eigenvalue weighted by Crippen LogP contribution is -2.44. The lowest BCUT2D eigenvalue weighted by Gasteiger charge is -2.25. The number of H-pyrrole nitrogens is 1. The third-order valence-corrected chi connectivity index (χ3v) is 4.00. The van der Waals surface area contributed by atoms with Gasteiger partial charge >= 0.3 is 0 Å². The zero-order valence-electron chi connectivity index (χ0n) is 15.8. The fraction of sp³-hybridized carbons (Fsp3) is 0.316. The van der Waals surface area contributed by atoms with Crippen molar-refractivity contribution >= 4 is 29.9 Å². The average Bonchev–Trinajstić information content (AvgIpc) is 3.36. The largest absolute Gasteiger partial charge is 0.461 e. The monoisotopic (exact) mass is 496 g/mol. The highest BCUT2D eigenvalue weighted by molar-refractivity contribution is 14.0. The highest BCUT2D eigenvalue weighted by Gasteiger charge is 2.23. The van der Waals surface area contributed by atoms with Gasteiger partial charge in [0.15, 0.2) is 11.7 Å². The Morgan fingerprint density at radius 2 is 2.00 bits per heavy atom. The second-order valence-electron chi connectivity index (χ2n) is 6.27. The Kier molecular flexibility index (Phi) is 8.00. The lowest BCUT2D eigenvalue weighted by molar-refractivity contribution is 0.0617. The number of furan rings is 1. The summed E-state index contributed by atoms with van der Waals surface area (Å²) in [6.07, 6.45) is 1.58. The van der Waals surface area contributed by atoms with E-state index in [0.29, 0.717) is 43.0 Å². The van der Waals surface area contributed by atoms with E-state index < -0.39 is 5.60 Å². The van der Waals surface area contributed by atoms with Crippen LogP contribution in [0.4, 0.5) is 0 Å². The van der Waals surface area contributed by atoms with Crippen molar-refractivity contribution in [3.8, 4) is 11.6 Å². The minimum atomic E-state index is -1.02. The van der Waals surface area contributed by atoms with E-state index >= 15 is 0 Å². The molecule has 150 valence electrons.